The van der Waals surface area contributed by atoms with Crippen LogP contribution in [-0.4, -0.2) is 40.1 Å². The highest BCUT2D eigenvalue weighted by atomic mass is 16.5. The number of hydrogen-bond acceptors (Lipinski definition) is 5. The van der Waals surface area contributed by atoms with Gasteiger partial charge in [-0.1, -0.05) is 90.1 Å². The van der Waals surface area contributed by atoms with Crippen LogP contribution < -0.4 is 10.2 Å². The van der Waals surface area contributed by atoms with Gasteiger partial charge in [-0.05, 0) is 81.9 Å². The predicted molar refractivity (Wildman–Crippen MR) is 184 cm³/mol. The van der Waals surface area contributed by atoms with Gasteiger partial charge in [0.15, 0.2) is 0 Å². The summed E-state index contributed by atoms with van der Waals surface area (Å²) in [6.07, 6.45) is 3.85. The molecule has 46 heavy (non-hydrogen) atoms. The van der Waals surface area contributed by atoms with Crippen LogP contribution in [0.5, 0.6) is 0 Å². The molecule has 2 atom stereocenters. The standard InChI is InChI=1S/C39H39N5O2/c1-28(45)44(25-30-13-15-32-8-2-4-10-34(32)21-30)36-12-6-7-29(23-36)18-20-43-26-38(41-42-43)37-17-19-40-24-39(37)46-27-31-14-16-33-9-3-5-11-35(33)22-31/h2-16,21-23,26,37,39-40H,17-20,24-25,27H2,1H3/t37-,39+/m0/s1. The Morgan fingerprint density at radius 3 is 2.33 bits per heavy atom. The number of benzene rings is 5. The second-order valence-electron chi connectivity index (χ2n) is 12.2. The maximum absolute atomic E-state index is 12.8. The van der Waals surface area contributed by atoms with E-state index in [4.69, 9.17) is 4.74 Å². The molecule has 1 amide bonds. The minimum absolute atomic E-state index is 0.0191. The Morgan fingerprint density at radius 2 is 1.57 bits per heavy atom. The van der Waals surface area contributed by atoms with Crippen molar-refractivity contribution in [3.05, 3.63) is 138 Å². The number of aryl methyl sites for hydroxylation is 2. The van der Waals surface area contributed by atoms with Crippen molar-refractivity contribution in [2.45, 2.75) is 51.5 Å². The van der Waals surface area contributed by atoms with E-state index in [1.54, 1.807) is 6.92 Å². The first-order valence-electron chi connectivity index (χ1n) is 16.1. The van der Waals surface area contributed by atoms with Crippen LogP contribution in [-0.2, 0) is 35.6 Å². The number of rotatable bonds is 10. The number of piperidine rings is 1. The largest absolute Gasteiger partial charge is 0.372 e. The fourth-order valence-corrected chi connectivity index (χ4v) is 6.50. The Bertz CT molecular complexity index is 1970. The quantitative estimate of drug-likeness (QED) is 0.180. The molecule has 7 heteroatoms. The molecule has 1 saturated heterocycles. The Morgan fingerprint density at radius 1 is 0.848 bits per heavy atom. The summed E-state index contributed by atoms with van der Waals surface area (Å²) < 4.78 is 8.40. The average molecular weight is 610 g/mol. The SMILES string of the molecule is CC(=O)N(Cc1ccc2ccccc2c1)c1cccc(CCn2cc([C@@H]3CCNC[C@H]3OCc3ccc4ccccc4c3)nn2)c1. The molecule has 0 spiro atoms. The van der Waals surface area contributed by atoms with Gasteiger partial charge >= 0.3 is 0 Å². The van der Waals surface area contributed by atoms with Gasteiger partial charge in [0.05, 0.1) is 24.9 Å². The molecule has 2 heterocycles. The number of aromatic nitrogens is 3. The Hall–Kier alpha value is -4.85. The molecule has 5 aromatic carbocycles. The van der Waals surface area contributed by atoms with Crippen molar-refractivity contribution in [3.63, 3.8) is 0 Å². The van der Waals surface area contributed by atoms with Crippen LogP contribution >= 0.6 is 0 Å². The van der Waals surface area contributed by atoms with Crippen molar-refractivity contribution in [2.24, 2.45) is 0 Å². The predicted octanol–water partition coefficient (Wildman–Crippen LogP) is 7.04. The zero-order chi connectivity index (χ0) is 31.3. The molecule has 1 fully saturated rings. The number of nitrogens with one attached hydrogen (secondary N) is 1. The molecule has 0 bridgehead atoms. The van der Waals surface area contributed by atoms with Gasteiger partial charge in [-0.3, -0.25) is 9.48 Å². The molecule has 1 aromatic heterocycles. The summed E-state index contributed by atoms with van der Waals surface area (Å²) in [5, 5.41) is 17.4. The molecule has 0 saturated carbocycles. The lowest BCUT2D eigenvalue weighted by molar-refractivity contribution is -0.116. The molecule has 1 aliphatic rings. The lowest BCUT2D eigenvalue weighted by Gasteiger charge is -2.30. The lowest BCUT2D eigenvalue weighted by Crippen LogP contribution is -2.41. The van der Waals surface area contributed by atoms with Crippen molar-refractivity contribution in [1.82, 2.24) is 20.3 Å². The highest BCUT2D eigenvalue weighted by molar-refractivity contribution is 5.92. The first-order valence-corrected chi connectivity index (χ1v) is 16.1. The van der Waals surface area contributed by atoms with Crippen LogP contribution in [0.3, 0.4) is 0 Å². The second kappa shape index (κ2) is 13.6. The molecular formula is C39H39N5O2. The van der Waals surface area contributed by atoms with Gasteiger partial charge in [-0.25, -0.2) is 0 Å². The number of carbonyl (C=O) groups is 1. The maximum Gasteiger partial charge on any atom is 0.224 e. The van der Waals surface area contributed by atoms with Crippen LogP contribution in [0.1, 0.15) is 41.6 Å². The third kappa shape index (κ3) is 6.86. The van der Waals surface area contributed by atoms with Gasteiger partial charge in [0.25, 0.3) is 0 Å². The van der Waals surface area contributed by atoms with Gasteiger partial charge in [0.2, 0.25) is 5.91 Å². The molecular weight excluding hydrogens is 570 g/mol. The third-order valence-corrected chi connectivity index (χ3v) is 9.03. The minimum Gasteiger partial charge on any atom is -0.372 e. The first kappa shape index (κ1) is 29.8. The number of nitrogens with zero attached hydrogens (tertiary/aromatic N) is 4. The number of anilines is 1. The normalized spacial score (nSPS) is 16.5. The molecule has 0 radical (unpaired) electrons. The third-order valence-electron chi connectivity index (χ3n) is 9.03. The van der Waals surface area contributed by atoms with Crippen molar-refractivity contribution in [1.29, 1.82) is 0 Å². The highest BCUT2D eigenvalue weighted by Gasteiger charge is 2.29. The summed E-state index contributed by atoms with van der Waals surface area (Å²) in [5.74, 6) is 0.212. The zero-order valence-electron chi connectivity index (χ0n) is 26.2. The van der Waals surface area contributed by atoms with E-state index in [1.807, 2.05) is 33.8 Å². The van der Waals surface area contributed by atoms with Gasteiger partial charge < -0.3 is 15.0 Å². The molecule has 7 nitrogen and oxygen atoms in total. The summed E-state index contributed by atoms with van der Waals surface area (Å²) in [6, 6.07) is 37.9. The molecule has 7 rings (SSSR count). The van der Waals surface area contributed by atoms with Crippen LogP contribution in [0.4, 0.5) is 5.69 Å². The molecule has 1 N–H and O–H groups in total. The first-order chi connectivity index (χ1) is 22.6. The topological polar surface area (TPSA) is 72.3 Å². The second-order valence-corrected chi connectivity index (χ2v) is 12.2. The summed E-state index contributed by atoms with van der Waals surface area (Å²) in [4.78, 5) is 14.6. The van der Waals surface area contributed by atoms with Gasteiger partial charge in [0.1, 0.15) is 0 Å². The summed E-state index contributed by atoms with van der Waals surface area (Å²) in [7, 11) is 0. The van der Waals surface area contributed by atoms with E-state index in [0.29, 0.717) is 19.7 Å². The smallest absolute Gasteiger partial charge is 0.224 e. The van der Waals surface area contributed by atoms with Crippen LogP contribution in [0, 0.1) is 0 Å². The fraction of sp³-hybridized carbons (Fsp3) is 0.256. The van der Waals surface area contributed by atoms with Crippen LogP contribution in [0.15, 0.2) is 115 Å². The van der Waals surface area contributed by atoms with Gasteiger partial charge in [-0.15, -0.1) is 5.10 Å². The number of fused-ring (bicyclic) bond motifs is 2. The minimum atomic E-state index is 0.0191. The Kier molecular flexibility index (Phi) is 8.85. The van der Waals surface area contributed by atoms with E-state index in [1.165, 1.54) is 27.1 Å². The average Bonchev–Trinajstić information content (AvgIpc) is 3.58. The van der Waals surface area contributed by atoms with E-state index in [-0.39, 0.29) is 17.9 Å². The number of ether oxygens (including phenoxy) is 1. The Balaban J connectivity index is 0.990. The summed E-state index contributed by atoms with van der Waals surface area (Å²) in [6.45, 7) is 5.15. The van der Waals surface area contributed by atoms with E-state index < -0.39 is 0 Å². The van der Waals surface area contributed by atoms with Gasteiger partial charge in [0, 0.05) is 37.8 Å². The van der Waals surface area contributed by atoms with Crippen LogP contribution in [0.25, 0.3) is 21.5 Å². The molecule has 1 aliphatic heterocycles. The lowest BCUT2D eigenvalue weighted by atomic mass is 9.92. The summed E-state index contributed by atoms with van der Waals surface area (Å²) >= 11 is 0. The maximum atomic E-state index is 12.8. The monoisotopic (exact) mass is 609 g/mol. The Labute approximate surface area is 269 Å². The number of amides is 1. The number of carbonyl (C=O) groups excluding carboxylic acids is 1. The summed E-state index contributed by atoms with van der Waals surface area (Å²) in [5.41, 5.74) is 5.31. The molecule has 6 aromatic rings. The highest BCUT2D eigenvalue weighted by Crippen LogP contribution is 2.28. The van der Waals surface area contributed by atoms with Crippen molar-refractivity contribution in [2.75, 3.05) is 18.0 Å². The number of hydrogen-bond donors (Lipinski definition) is 1. The molecule has 232 valence electrons. The van der Waals surface area contributed by atoms with E-state index >= 15 is 0 Å². The van der Waals surface area contributed by atoms with Crippen molar-refractivity contribution >= 4 is 33.1 Å². The van der Waals surface area contributed by atoms with Crippen molar-refractivity contribution in [3.8, 4) is 0 Å². The molecule has 0 aliphatic carbocycles. The molecule has 0 unspecified atom stereocenters. The van der Waals surface area contributed by atoms with E-state index in [0.717, 1.165) is 48.4 Å². The van der Waals surface area contributed by atoms with E-state index in [2.05, 4.69) is 107 Å². The zero-order valence-corrected chi connectivity index (χ0v) is 26.2. The van der Waals surface area contributed by atoms with Crippen molar-refractivity contribution < 1.29 is 9.53 Å². The van der Waals surface area contributed by atoms with E-state index in [9.17, 15) is 4.79 Å². The fourth-order valence-electron chi connectivity index (χ4n) is 6.50. The van der Waals surface area contributed by atoms with Crippen LogP contribution in [0.2, 0.25) is 0 Å². The van der Waals surface area contributed by atoms with Gasteiger partial charge in [-0.2, -0.15) is 0 Å².